The molecule has 0 N–H and O–H groups in total. The van der Waals surface area contributed by atoms with Gasteiger partial charge in [0, 0.05) is 14.2 Å². The Labute approximate surface area is 196 Å². The second kappa shape index (κ2) is 11.9. The molecule has 0 aliphatic heterocycles. The summed E-state index contributed by atoms with van der Waals surface area (Å²) in [6.45, 7) is 0. The summed E-state index contributed by atoms with van der Waals surface area (Å²) in [6, 6.07) is 0. The van der Waals surface area contributed by atoms with Gasteiger partial charge in [-0.2, -0.15) is 0 Å². The molecule has 14 heteroatoms. The topological polar surface area (TPSA) is 201 Å². The van der Waals surface area contributed by atoms with Crippen LogP contribution in [0, 0.1) is 0 Å². The molecule has 0 aromatic rings. The van der Waals surface area contributed by atoms with Crippen LogP contribution in [0.5, 0.6) is 0 Å². The third-order valence-corrected chi connectivity index (χ3v) is 3.40. The van der Waals surface area contributed by atoms with E-state index in [1.807, 2.05) is 0 Å². The number of carbonyl (C=O) groups excluding carboxylic acids is 8. The summed E-state index contributed by atoms with van der Waals surface area (Å²) in [5.41, 5.74) is 0. The SMILES string of the molecule is COC1C(=O)C(=O)C(=O)C(=O)C1OC.O=C1C(=O)C(=O)C([O-])C([O-])C1=O.[Pb+2].[PbH2]. The van der Waals surface area contributed by atoms with Gasteiger partial charge in [-0.3, -0.25) is 38.4 Å². The Morgan fingerprint density at radius 2 is 0.786 bits per heavy atom. The van der Waals surface area contributed by atoms with Crippen LogP contribution in [-0.2, 0) is 47.8 Å². The molecule has 0 aromatic carbocycles. The van der Waals surface area contributed by atoms with Crippen LogP contribution < -0.4 is 10.2 Å². The molecule has 2 rings (SSSR count). The molecule has 2 aliphatic carbocycles. The van der Waals surface area contributed by atoms with Crippen molar-refractivity contribution in [1.29, 1.82) is 0 Å². The summed E-state index contributed by atoms with van der Waals surface area (Å²) in [6.07, 6.45) is -7.53. The summed E-state index contributed by atoms with van der Waals surface area (Å²) in [4.78, 5) is 85.9. The predicted octanol–water partition coefficient (Wildman–Crippen LogP) is -7.26. The zero-order valence-corrected chi connectivity index (χ0v) is 23.8. The molecule has 0 heterocycles. The van der Waals surface area contributed by atoms with E-state index in [4.69, 9.17) is 0 Å². The molecule has 4 radical (unpaired) electrons. The fraction of sp³-hybridized carbons (Fsp3) is 0.429. The van der Waals surface area contributed by atoms with Gasteiger partial charge in [0.2, 0.25) is 11.6 Å². The second-order valence-electron chi connectivity index (χ2n) is 4.93. The molecular formula is C14H12O12Pb2. The summed E-state index contributed by atoms with van der Waals surface area (Å²) >= 11 is 0. The summed E-state index contributed by atoms with van der Waals surface area (Å²) in [5, 5.41) is 21.0. The van der Waals surface area contributed by atoms with Crippen LogP contribution in [0.4, 0.5) is 0 Å². The standard InChI is InChI=1S/C8H8O6.C6H2O6.2Pb.2H/c1-13-7-5(11)3(9)4(10)6(12)8(7)14-2;7-1-2(8)4(10)6(12)5(11)3(1)9;;;;/h7-8H,1-2H3;1-2H;;;;/q;-2;;+2;;. The van der Waals surface area contributed by atoms with E-state index in [0.29, 0.717) is 0 Å². The second-order valence-corrected chi connectivity index (χ2v) is 4.93. The van der Waals surface area contributed by atoms with E-state index in [1.54, 1.807) is 0 Å². The van der Waals surface area contributed by atoms with E-state index >= 15 is 0 Å². The molecular weight excluding hydrogens is 775 g/mol. The van der Waals surface area contributed by atoms with Crippen LogP contribution >= 0.6 is 0 Å². The number of hydrogen-bond acceptors (Lipinski definition) is 12. The van der Waals surface area contributed by atoms with Crippen LogP contribution in [0.2, 0.25) is 0 Å². The van der Waals surface area contributed by atoms with E-state index in [2.05, 4.69) is 9.47 Å². The molecule has 2 aliphatic rings. The van der Waals surface area contributed by atoms with E-state index in [0.717, 1.165) is 14.2 Å². The Morgan fingerprint density at radius 1 is 0.571 bits per heavy atom. The summed E-state index contributed by atoms with van der Waals surface area (Å²) in [7, 11) is 2.32. The fourth-order valence-electron chi connectivity index (χ4n) is 1.98. The van der Waals surface area contributed by atoms with E-state index in [1.165, 1.54) is 0 Å². The number of hydrogen-bond donors (Lipinski definition) is 0. The normalized spacial score (nSPS) is 27.6. The molecule has 12 nitrogen and oxygen atoms in total. The van der Waals surface area contributed by atoms with Gasteiger partial charge in [-0.25, -0.2) is 0 Å². The monoisotopic (exact) mass is 788 g/mol. The maximum absolute atomic E-state index is 11.2. The zero-order valence-electron chi connectivity index (χ0n) is 14.4. The van der Waals surface area contributed by atoms with Crippen molar-refractivity contribution in [1.82, 2.24) is 0 Å². The number of methoxy groups -OCH3 is 2. The first kappa shape index (κ1) is 29.2. The Kier molecular flexibility index (Phi) is 12.4. The van der Waals surface area contributed by atoms with Crippen molar-refractivity contribution >= 4 is 101 Å². The molecule has 148 valence electrons. The Bertz CT molecular complexity index is 681. The molecule has 0 bridgehead atoms. The first-order valence-corrected chi connectivity index (χ1v) is 6.71. The summed E-state index contributed by atoms with van der Waals surface area (Å²) in [5.74, 6) is -11.3. The van der Waals surface area contributed by atoms with Gasteiger partial charge in [-0.1, -0.05) is 12.2 Å². The zero-order chi connectivity index (χ0) is 20.3. The number of rotatable bonds is 2. The van der Waals surface area contributed by atoms with Gasteiger partial charge >= 0.3 is 54.6 Å². The third kappa shape index (κ3) is 5.56. The van der Waals surface area contributed by atoms with Crippen LogP contribution in [-0.4, -0.2) is 139 Å². The van der Waals surface area contributed by atoms with Gasteiger partial charge in [-0.05, 0) is 0 Å². The van der Waals surface area contributed by atoms with Crippen molar-refractivity contribution in [3.8, 4) is 0 Å². The molecule has 2 fully saturated rings. The Balaban J connectivity index is 0. The maximum atomic E-state index is 11.2. The predicted molar refractivity (Wildman–Crippen MR) is 83.5 cm³/mol. The minimum atomic E-state index is -2.46. The first-order valence-electron chi connectivity index (χ1n) is 6.71. The Hall–Kier alpha value is -0.956. The van der Waals surface area contributed by atoms with Crippen molar-refractivity contribution in [2.45, 2.75) is 24.4 Å². The van der Waals surface area contributed by atoms with E-state index in [9.17, 15) is 48.6 Å². The number of ketones is 8. The number of ether oxygens (including phenoxy) is 2. The van der Waals surface area contributed by atoms with Gasteiger partial charge in [0.15, 0.2) is 23.8 Å². The third-order valence-electron chi connectivity index (χ3n) is 3.40. The molecule has 28 heavy (non-hydrogen) atoms. The average molecular weight is 787 g/mol. The van der Waals surface area contributed by atoms with E-state index < -0.39 is 70.7 Å². The number of Topliss-reactive ketones (excluding diaryl/α,β-unsaturated/α-hetero) is 8. The van der Waals surface area contributed by atoms with Crippen LogP contribution in [0.3, 0.4) is 0 Å². The van der Waals surface area contributed by atoms with Crippen LogP contribution in [0.25, 0.3) is 0 Å². The van der Waals surface area contributed by atoms with Gasteiger partial charge in [0.05, 0.1) is 0 Å². The van der Waals surface area contributed by atoms with Crippen LogP contribution in [0.1, 0.15) is 0 Å². The van der Waals surface area contributed by atoms with Crippen molar-refractivity contribution < 1.29 is 58.0 Å². The van der Waals surface area contributed by atoms with Crippen molar-refractivity contribution in [2.75, 3.05) is 14.2 Å². The number of carbonyl (C=O) groups is 8. The van der Waals surface area contributed by atoms with E-state index in [-0.39, 0.29) is 54.6 Å². The molecule has 0 spiro atoms. The molecule has 4 atom stereocenters. The Morgan fingerprint density at radius 3 is 1.00 bits per heavy atom. The van der Waals surface area contributed by atoms with Crippen molar-refractivity contribution in [3.05, 3.63) is 0 Å². The minimum absolute atomic E-state index is 0. The van der Waals surface area contributed by atoms with Gasteiger partial charge in [0.25, 0.3) is 23.1 Å². The van der Waals surface area contributed by atoms with Crippen LogP contribution in [0.15, 0.2) is 0 Å². The van der Waals surface area contributed by atoms with Gasteiger partial charge < -0.3 is 19.7 Å². The molecule has 0 amide bonds. The molecule has 4 unspecified atom stereocenters. The van der Waals surface area contributed by atoms with Gasteiger partial charge in [0.1, 0.15) is 0 Å². The molecule has 0 aromatic heterocycles. The molecule has 2 saturated carbocycles. The first-order chi connectivity index (χ1) is 12.0. The quantitative estimate of drug-likeness (QED) is 0.190. The van der Waals surface area contributed by atoms with Crippen molar-refractivity contribution in [2.24, 2.45) is 0 Å². The van der Waals surface area contributed by atoms with Gasteiger partial charge in [-0.15, -0.1) is 0 Å². The van der Waals surface area contributed by atoms with Crippen molar-refractivity contribution in [3.63, 3.8) is 0 Å². The fourth-order valence-corrected chi connectivity index (χ4v) is 1.98. The average Bonchev–Trinajstić information content (AvgIpc) is 2.64. The summed E-state index contributed by atoms with van der Waals surface area (Å²) < 4.78 is 9.26. The molecule has 0 saturated heterocycles.